The van der Waals surface area contributed by atoms with Gasteiger partial charge in [-0.2, -0.15) is 0 Å². The van der Waals surface area contributed by atoms with Crippen LogP contribution >= 0.6 is 0 Å². The Hall–Kier alpha value is -2.42. The first-order valence-corrected chi connectivity index (χ1v) is 14.7. The number of anilines is 1. The van der Waals surface area contributed by atoms with E-state index in [1.165, 1.54) is 51.2 Å². The molecule has 0 spiro atoms. The van der Waals surface area contributed by atoms with Crippen LogP contribution in [-0.2, 0) is 9.53 Å². The molecule has 2 aromatic heterocycles. The summed E-state index contributed by atoms with van der Waals surface area (Å²) in [5.74, 6) is 1.03. The van der Waals surface area contributed by atoms with Crippen LogP contribution in [0, 0.1) is 17.8 Å². The molecule has 222 valence electrons. The average Bonchev–Trinajstić information content (AvgIpc) is 3.49. The van der Waals surface area contributed by atoms with Crippen molar-refractivity contribution in [3.05, 3.63) is 12.7 Å². The number of nitrogens with one attached hydrogen (secondary N) is 1. The van der Waals surface area contributed by atoms with Crippen molar-refractivity contribution in [2.45, 2.75) is 81.9 Å². The Bertz CT molecular complexity index is 1130. The Kier molecular flexibility index (Phi) is 9.49. The van der Waals surface area contributed by atoms with Gasteiger partial charge < -0.3 is 41.7 Å². The third-order valence-electron chi connectivity index (χ3n) is 8.95. The van der Waals surface area contributed by atoms with E-state index in [4.69, 9.17) is 16.2 Å². The second-order valence-electron chi connectivity index (χ2n) is 12.0. The van der Waals surface area contributed by atoms with Gasteiger partial charge >= 0.3 is 5.97 Å². The number of nitrogens with zero attached hydrogens (tertiary/aromatic N) is 5. The number of fused-ring (bicyclic) bond motifs is 1. The van der Waals surface area contributed by atoms with Crippen LogP contribution in [0.1, 0.15) is 57.6 Å². The smallest absolute Gasteiger partial charge is 0.320 e. The number of aromatic nitrogens is 4. The fraction of sp³-hybridized carbons (Fsp3) is 0.778. The van der Waals surface area contributed by atoms with Gasteiger partial charge in [0, 0.05) is 19.6 Å². The number of carboxylic acids is 1. The van der Waals surface area contributed by atoms with Crippen LogP contribution in [0.25, 0.3) is 11.2 Å². The van der Waals surface area contributed by atoms with Crippen molar-refractivity contribution in [3.63, 3.8) is 0 Å². The second-order valence-corrected chi connectivity index (χ2v) is 12.0. The number of ether oxygens (including phenoxy) is 1. The first-order chi connectivity index (χ1) is 19.3. The molecule has 0 bridgehead atoms. The van der Waals surface area contributed by atoms with E-state index in [0.29, 0.717) is 36.1 Å². The summed E-state index contributed by atoms with van der Waals surface area (Å²) in [5, 5.41) is 34.8. The van der Waals surface area contributed by atoms with Gasteiger partial charge in [0.15, 0.2) is 17.7 Å². The number of aliphatic hydroxyl groups is 2. The van der Waals surface area contributed by atoms with Crippen LogP contribution in [0.4, 0.5) is 5.82 Å². The molecule has 4 heterocycles. The van der Waals surface area contributed by atoms with Gasteiger partial charge in [-0.1, -0.05) is 32.1 Å². The Morgan fingerprint density at radius 1 is 1.10 bits per heavy atom. The van der Waals surface area contributed by atoms with Crippen molar-refractivity contribution in [2.24, 2.45) is 23.5 Å². The van der Waals surface area contributed by atoms with E-state index in [-0.39, 0.29) is 12.2 Å². The Morgan fingerprint density at radius 3 is 2.65 bits per heavy atom. The molecule has 7 atom stereocenters. The number of aliphatic carboxylic acids is 1. The molecule has 3 aliphatic rings. The zero-order chi connectivity index (χ0) is 28.2. The number of rotatable bonds is 11. The summed E-state index contributed by atoms with van der Waals surface area (Å²) in [6.07, 6.45) is 8.21. The third kappa shape index (κ3) is 6.72. The summed E-state index contributed by atoms with van der Waals surface area (Å²) in [4.78, 5) is 26.0. The minimum atomic E-state index is -1.21. The largest absolute Gasteiger partial charge is 0.480 e. The molecule has 1 aliphatic carbocycles. The first kappa shape index (κ1) is 29.1. The standard InChI is InChI=1S/C27H44N8O5/c28-19(27(38)39)6-7-34(12-18-9-17(10-30-11-18)8-16-4-2-1-3-5-16)13-20-22(36)23(37)26(40-20)35-15-33-21-24(29)31-14-32-25(21)35/h14-20,22-23,26,30,36-37H,1-13,28H2,(H,38,39)(H2,29,31,32)/t17?,18?,19?,20-,22-,23-,26-/m1/s1. The van der Waals surface area contributed by atoms with E-state index in [1.54, 1.807) is 4.57 Å². The van der Waals surface area contributed by atoms with Crippen molar-refractivity contribution in [1.82, 2.24) is 29.7 Å². The summed E-state index contributed by atoms with van der Waals surface area (Å²) in [6.45, 7) is 3.44. The highest BCUT2D eigenvalue weighted by molar-refractivity contribution is 5.81. The highest BCUT2D eigenvalue weighted by Gasteiger charge is 2.45. The molecule has 2 aliphatic heterocycles. The molecule has 0 amide bonds. The molecule has 3 fully saturated rings. The number of hydrogen-bond acceptors (Lipinski definition) is 11. The zero-order valence-electron chi connectivity index (χ0n) is 23.0. The number of piperidine rings is 1. The molecular weight excluding hydrogens is 516 g/mol. The fourth-order valence-electron chi connectivity index (χ4n) is 6.83. The number of carbonyl (C=O) groups is 1. The summed E-state index contributed by atoms with van der Waals surface area (Å²) in [7, 11) is 0. The fourth-order valence-corrected chi connectivity index (χ4v) is 6.83. The monoisotopic (exact) mass is 560 g/mol. The minimum absolute atomic E-state index is 0.220. The number of aliphatic hydroxyl groups excluding tert-OH is 2. The van der Waals surface area contributed by atoms with E-state index < -0.39 is 36.6 Å². The lowest BCUT2D eigenvalue weighted by atomic mass is 9.78. The highest BCUT2D eigenvalue weighted by atomic mass is 16.6. The first-order valence-electron chi connectivity index (χ1n) is 14.7. The summed E-state index contributed by atoms with van der Waals surface area (Å²) in [6, 6.07) is -0.971. The summed E-state index contributed by atoms with van der Waals surface area (Å²) >= 11 is 0. The van der Waals surface area contributed by atoms with Gasteiger partial charge in [0.2, 0.25) is 0 Å². The normalized spacial score (nSPS) is 30.7. The molecule has 1 saturated carbocycles. The summed E-state index contributed by atoms with van der Waals surface area (Å²) in [5.41, 5.74) is 12.6. The van der Waals surface area contributed by atoms with E-state index in [9.17, 15) is 20.1 Å². The number of carboxylic acid groups (broad SMARTS) is 1. The molecule has 0 radical (unpaired) electrons. The van der Waals surface area contributed by atoms with E-state index >= 15 is 0 Å². The maximum absolute atomic E-state index is 11.4. The van der Waals surface area contributed by atoms with Crippen LogP contribution in [0.3, 0.4) is 0 Å². The molecule has 0 aromatic carbocycles. The van der Waals surface area contributed by atoms with Gasteiger partial charge in [0.05, 0.1) is 6.33 Å². The molecule has 2 aromatic rings. The predicted octanol–water partition coefficient (Wildman–Crippen LogP) is 0.328. The number of hydrogen-bond donors (Lipinski definition) is 6. The van der Waals surface area contributed by atoms with E-state index in [2.05, 4.69) is 25.2 Å². The van der Waals surface area contributed by atoms with E-state index in [1.807, 2.05) is 0 Å². The molecular formula is C27H44N8O5. The van der Waals surface area contributed by atoms with Crippen molar-refractivity contribution < 1.29 is 24.9 Å². The third-order valence-corrected chi connectivity index (χ3v) is 8.95. The highest BCUT2D eigenvalue weighted by Crippen LogP contribution is 2.34. The Labute approximate surface area is 234 Å². The van der Waals surface area contributed by atoms with E-state index in [0.717, 1.165) is 32.0 Å². The van der Waals surface area contributed by atoms with Crippen LogP contribution in [0.15, 0.2) is 12.7 Å². The molecule has 8 N–H and O–H groups in total. The topological polar surface area (TPSA) is 198 Å². The molecule has 5 rings (SSSR count). The summed E-state index contributed by atoms with van der Waals surface area (Å²) < 4.78 is 7.75. The molecule has 40 heavy (non-hydrogen) atoms. The Morgan fingerprint density at radius 2 is 1.88 bits per heavy atom. The lowest BCUT2D eigenvalue weighted by Gasteiger charge is -2.37. The van der Waals surface area contributed by atoms with Gasteiger partial charge in [-0.05, 0) is 50.1 Å². The lowest BCUT2D eigenvalue weighted by molar-refractivity contribution is -0.138. The van der Waals surface area contributed by atoms with Gasteiger partial charge in [0.1, 0.15) is 36.2 Å². The molecule has 13 nitrogen and oxygen atoms in total. The molecule has 3 unspecified atom stereocenters. The SMILES string of the molecule is Nc1ncnc2c1ncn2[C@@H]1O[C@H](CN(CCC(N)C(=O)O)CC2CNCC(CC3CCCCC3)C2)[C@@H](O)[C@H]1O. The number of nitrogens with two attached hydrogens (primary N) is 2. The maximum Gasteiger partial charge on any atom is 0.320 e. The van der Waals surface area contributed by atoms with Gasteiger partial charge in [0.25, 0.3) is 0 Å². The van der Waals surface area contributed by atoms with Crippen molar-refractivity contribution >= 4 is 23.0 Å². The maximum atomic E-state index is 11.4. The van der Waals surface area contributed by atoms with Gasteiger partial charge in [-0.3, -0.25) is 9.36 Å². The predicted molar refractivity (Wildman–Crippen MR) is 148 cm³/mol. The Balaban J connectivity index is 1.25. The van der Waals surface area contributed by atoms with Crippen molar-refractivity contribution in [3.8, 4) is 0 Å². The van der Waals surface area contributed by atoms with Crippen molar-refractivity contribution in [2.75, 3.05) is 38.5 Å². The second kappa shape index (κ2) is 13.0. The van der Waals surface area contributed by atoms with Gasteiger partial charge in [-0.25, -0.2) is 15.0 Å². The lowest BCUT2D eigenvalue weighted by Crippen LogP contribution is -2.47. The number of imidazole rings is 1. The number of nitrogen functional groups attached to an aromatic ring is 1. The quantitative estimate of drug-likeness (QED) is 0.220. The van der Waals surface area contributed by atoms with Crippen LogP contribution in [-0.4, -0.2) is 103 Å². The molecule has 13 heteroatoms. The average molecular weight is 561 g/mol. The minimum Gasteiger partial charge on any atom is -0.480 e. The van der Waals surface area contributed by atoms with Crippen molar-refractivity contribution in [1.29, 1.82) is 0 Å². The molecule has 2 saturated heterocycles. The zero-order valence-corrected chi connectivity index (χ0v) is 23.0. The van der Waals surface area contributed by atoms with Crippen LogP contribution < -0.4 is 16.8 Å². The van der Waals surface area contributed by atoms with Gasteiger partial charge in [-0.15, -0.1) is 0 Å². The van der Waals surface area contributed by atoms with Crippen LogP contribution in [0.5, 0.6) is 0 Å². The van der Waals surface area contributed by atoms with Crippen LogP contribution in [0.2, 0.25) is 0 Å².